The molecule has 2 N–H and O–H groups in total. The molecule has 0 aromatic heterocycles. The van der Waals surface area contributed by atoms with Gasteiger partial charge in [-0.05, 0) is 30.9 Å². The molecular formula is C24H26NO4+. The predicted molar refractivity (Wildman–Crippen MR) is 110 cm³/mol. The number of carbonyl (C=O) groups excluding carboxylic acids is 1. The molecule has 2 aliphatic rings. The van der Waals surface area contributed by atoms with Crippen LogP contribution in [0, 0.1) is 5.41 Å². The van der Waals surface area contributed by atoms with E-state index in [0.717, 1.165) is 11.3 Å². The molecule has 0 amide bonds. The van der Waals surface area contributed by atoms with Crippen molar-refractivity contribution < 1.29 is 24.3 Å². The smallest absolute Gasteiger partial charge is 0.316 e. The number of allylic oxidation sites excluding steroid dienone is 1. The Morgan fingerprint density at radius 2 is 1.79 bits per heavy atom. The summed E-state index contributed by atoms with van der Waals surface area (Å²) >= 11 is 0. The Morgan fingerprint density at radius 3 is 2.45 bits per heavy atom. The summed E-state index contributed by atoms with van der Waals surface area (Å²) in [6.07, 6.45) is 2.40. The Balaban J connectivity index is 2.09. The molecule has 1 aliphatic heterocycles. The van der Waals surface area contributed by atoms with Gasteiger partial charge >= 0.3 is 5.97 Å². The standard InChI is InChI=1S/C24H26NO4/c1-4-14-22(21(26)29-3)15-16-23(27)18-12-8-9-13-19(18)25(2)20(23)24(22,28)17-10-6-5-7-11-17/h4-13,27-28H,1,14-16H2,2-3H3/q+1/t22-,23?,24+/m0/s1. The quantitative estimate of drug-likeness (QED) is 0.477. The maximum Gasteiger partial charge on any atom is 0.316 e. The topological polar surface area (TPSA) is 69.8 Å². The molecule has 0 spiro atoms. The van der Waals surface area contributed by atoms with E-state index in [1.807, 2.05) is 54.1 Å². The Kier molecular flexibility index (Phi) is 4.48. The molecular weight excluding hydrogens is 366 g/mol. The van der Waals surface area contributed by atoms with Crippen molar-refractivity contribution in [2.45, 2.75) is 30.5 Å². The van der Waals surface area contributed by atoms with Crippen molar-refractivity contribution in [3.8, 4) is 0 Å². The van der Waals surface area contributed by atoms with Crippen molar-refractivity contribution in [2.24, 2.45) is 5.41 Å². The number of rotatable bonds is 4. The minimum Gasteiger partial charge on any atom is -0.468 e. The highest BCUT2D eigenvalue weighted by Gasteiger charge is 2.73. The van der Waals surface area contributed by atoms with E-state index in [1.54, 1.807) is 18.2 Å². The van der Waals surface area contributed by atoms with Gasteiger partial charge in [-0.3, -0.25) is 4.79 Å². The number of nitrogens with zero attached hydrogens (tertiary/aromatic N) is 1. The van der Waals surface area contributed by atoms with E-state index in [0.29, 0.717) is 17.7 Å². The molecule has 1 saturated carbocycles. The van der Waals surface area contributed by atoms with Crippen molar-refractivity contribution in [3.05, 3.63) is 78.4 Å². The van der Waals surface area contributed by atoms with Crippen LogP contribution in [0.25, 0.3) is 0 Å². The lowest BCUT2D eigenvalue weighted by Gasteiger charge is -2.50. The average Bonchev–Trinajstić information content (AvgIpc) is 2.99. The number of ether oxygens (including phenoxy) is 1. The van der Waals surface area contributed by atoms with Gasteiger partial charge in [0.2, 0.25) is 11.4 Å². The number of carbonyl (C=O) groups is 1. The Labute approximate surface area is 170 Å². The van der Waals surface area contributed by atoms with Gasteiger partial charge in [0.15, 0.2) is 11.2 Å². The third-order valence-electron chi connectivity index (χ3n) is 6.65. The normalized spacial score (nSPS) is 30.5. The van der Waals surface area contributed by atoms with Gasteiger partial charge in [0.05, 0.1) is 12.7 Å². The highest BCUT2D eigenvalue weighted by atomic mass is 16.5. The Hall–Kier alpha value is -2.76. The number of hydrogen-bond acceptors (Lipinski definition) is 4. The van der Waals surface area contributed by atoms with Gasteiger partial charge in [0.1, 0.15) is 12.5 Å². The van der Waals surface area contributed by atoms with Crippen molar-refractivity contribution in [1.29, 1.82) is 0 Å². The number of esters is 1. The summed E-state index contributed by atoms with van der Waals surface area (Å²) in [5, 5.41) is 24.3. The van der Waals surface area contributed by atoms with Crippen molar-refractivity contribution in [3.63, 3.8) is 0 Å². The van der Waals surface area contributed by atoms with E-state index in [9.17, 15) is 15.0 Å². The lowest BCUT2D eigenvalue weighted by molar-refractivity contribution is -0.414. The zero-order valence-electron chi connectivity index (χ0n) is 16.8. The first kappa shape index (κ1) is 19.6. The molecule has 29 heavy (non-hydrogen) atoms. The SMILES string of the molecule is C=CC[C@@]1(C(=O)OC)CCC2(O)C(=[N+](C)c3ccccc32)[C@]1(O)c1ccccc1. The zero-order valence-corrected chi connectivity index (χ0v) is 16.8. The molecule has 1 unspecified atom stereocenters. The van der Waals surface area contributed by atoms with Crippen LogP contribution in [0.15, 0.2) is 67.3 Å². The number of para-hydroxylation sites is 1. The lowest BCUT2D eigenvalue weighted by atomic mass is 9.53. The van der Waals surface area contributed by atoms with Gasteiger partial charge in [-0.2, -0.15) is 4.58 Å². The van der Waals surface area contributed by atoms with Crippen LogP contribution in [0.4, 0.5) is 5.69 Å². The zero-order chi connectivity index (χ0) is 20.9. The maximum absolute atomic E-state index is 13.2. The summed E-state index contributed by atoms with van der Waals surface area (Å²) in [4.78, 5) is 13.2. The Morgan fingerprint density at radius 1 is 1.14 bits per heavy atom. The summed E-state index contributed by atoms with van der Waals surface area (Å²) in [6, 6.07) is 16.6. The van der Waals surface area contributed by atoms with Crippen LogP contribution in [0.3, 0.4) is 0 Å². The molecule has 4 rings (SSSR count). The monoisotopic (exact) mass is 392 g/mol. The molecule has 0 radical (unpaired) electrons. The highest BCUT2D eigenvalue weighted by Crippen LogP contribution is 2.59. The number of methoxy groups -OCH3 is 1. The van der Waals surface area contributed by atoms with Crippen LogP contribution < -0.4 is 0 Å². The first-order chi connectivity index (χ1) is 13.9. The molecule has 0 saturated heterocycles. The first-order valence-corrected chi connectivity index (χ1v) is 9.77. The molecule has 150 valence electrons. The van der Waals surface area contributed by atoms with E-state index in [1.165, 1.54) is 7.11 Å². The fourth-order valence-electron chi connectivity index (χ4n) is 5.36. The molecule has 5 heteroatoms. The van der Waals surface area contributed by atoms with E-state index in [2.05, 4.69) is 6.58 Å². The second-order valence-electron chi connectivity index (χ2n) is 7.93. The summed E-state index contributed by atoms with van der Waals surface area (Å²) in [5.74, 6) is -0.511. The summed E-state index contributed by atoms with van der Waals surface area (Å²) in [5.41, 5.74) is -1.98. The van der Waals surface area contributed by atoms with Gasteiger partial charge < -0.3 is 14.9 Å². The van der Waals surface area contributed by atoms with Gasteiger partial charge in [0.25, 0.3) is 0 Å². The van der Waals surface area contributed by atoms with Gasteiger partial charge in [-0.15, -0.1) is 6.58 Å². The number of fused-ring (bicyclic) bond motifs is 3. The number of benzene rings is 2. The maximum atomic E-state index is 13.2. The van der Waals surface area contributed by atoms with Crippen molar-refractivity contribution in [2.75, 3.05) is 14.2 Å². The van der Waals surface area contributed by atoms with Gasteiger partial charge in [0, 0.05) is 6.07 Å². The van der Waals surface area contributed by atoms with Crippen LogP contribution in [-0.4, -0.2) is 40.6 Å². The molecule has 5 nitrogen and oxygen atoms in total. The van der Waals surface area contributed by atoms with Crippen LogP contribution >= 0.6 is 0 Å². The third-order valence-corrected chi connectivity index (χ3v) is 6.65. The van der Waals surface area contributed by atoms with Gasteiger partial charge in [-0.1, -0.05) is 48.5 Å². The highest BCUT2D eigenvalue weighted by molar-refractivity contribution is 6.05. The van der Waals surface area contributed by atoms with Crippen LogP contribution in [-0.2, 0) is 20.7 Å². The second-order valence-corrected chi connectivity index (χ2v) is 7.93. The van der Waals surface area contributed by atoms with Gasteiger partial charge in [-0.25, -0.2) is 0 Å². The molecule has 1 aliphatic carbocycles. The molecule has 1 heterocycles. The van der Waals surface area contributed by atoms with E-state index >= 15 is 0 Å². The molecule has 2 aromatic rings. The van der Waals surface area contributed by atoms with Crippen LogP contribution in [0.1, 0.15) is 30.4 Å². The van der Waals surface area contributed by atoms with E-state index in [4.69, 9.17) is 4.74 Å². The minimum atomic E-state index is -1.78. The van der Waals surface area contributed by atoms with Crippen LogP contribution in [0.5, 0.6) is 0 Å². The third kappa shape index (κ3) is 2.35. The summed E-state index contributed by atoms with van der Waals surface area (Å²) in [7, 11) is 3.15. The second kappa shape index (κ2) is 6.65. The van der Waals surface area contributed by atoms with Crippen LogP contribution in [0.2, 0.25) is 0 Å². The largest absolute Gasteiger partial charge is 0.468 e. The Bertz CT molecular complexity index is 1010. The average molecular weight is 392 g/mol. The summed E-state index contributed by atoms with van der Waals surface area (Å²) in [6.45, 7) is 3.83. The van der Waals surface area contributed by atoms with Crippen molar-refractivity contribution >= 4 is 17.4 Å². The number of aliphatic hydroxyl groups is 2. The van der Waals surface area contributed by atoms with E-state index in [-0.39, 0.29) is 12.8 Å². The fourth-order valence-corrected chi connectivity index (χ4v) is 5.36. The van der Waals surface area contributed by atoms with E-state index < -0.39 is 22.6 Å². The molecule has 0 bridgehead atoms. The molecule has 2 aromatic carbocycles. The minimum absolute atomic E-state index is 0.217. The predicted octanol–water partition coefficient (Wildman–Crippen LogP) is 3.02. The molecule has 1 fully saturated rings. The number of hydrogen-bond donors (Lipinski definition) is 2. The molecule has 3 atom stereocenters. The lowest BCUT2D eigenvalue weighted by Crippen LogP contribution is -2.65. The first-order valence-electron chi connectivity index (χ1n) is 9.77. The summed E-state index contributed by atoms with van der Waals surface area (Å²) < 4.78 is 7.02. The fraction of sp³-hybridized carbons (Fsp3) is 0.333. The van der Waals surface area contributed by atoms with Crippen molar-refractivity contribution in [1.82, 2.24) is 0 Å².